The number of halogens is 1. The zero-order valence-electron chi connectivity index (χ0n) is 12.0. The topological polar surface area (TPSA) is 124 Å². The lowest BCUT2D eigenvalue weighted by Gasteiger charge is -2.18. The number of nitro benzene ring substituents is 1. The van der Waals surface area contributed by atoms with Crippen molar-refractivity contribution in [2.24, 2.45) is 11.7 Å². The predicted molar refractivity (Wildman–Crippen MR) is 84.5 cm³/mol. The third kappa shape index (κ3) is 5.57. The van der Waals surface area contributed by atoms with Crippen LogP contribution in [0.15, 0.2) is 18.2 Å². The lowest BCUT2D eigenvalue weighted by molar-refractivity contribution is -0.383. The molecule has 1 unspecified atom stereocenters. The van der Waals surface area contributed by atoms with Crippen molar-refractivity contribution in [2.45, 2.75) is 26.3 Å². The van der Waals surface area contributed by atoms with Crippen molar-refractivity contribution >= 4 is 29.7 Å². The van der Waals surface area contributed by atoms with Gasteiger partial charge in [-0.05, 0) is 24.5 Å². The second-order valence-electron chi connectivity index (χ2n) is 5.07. The molecule has 0 radical (unpaired) electrons. The van der Waals surface area contributed by atoms with Gasteiger partial charge in [0.1, 0.15) is 5.69 Å². The number of benzene rings is 1. The van der Waals surface area contributed by atoms with Crippen molar-refractivity contribution in [2.75, 3.05) is 12.3 Å². The molecule has 7 nitrogen and oxygen atoms in total. The van der Waals surface area contributed by atoms with E-state index >= 15 is 0 Å². The first-order valence-corrected chi connectivity index (χ1v) is 6.40. The highest BCUT2D eigenvalue weighted by Gasteiger charge is 2.18. The van der Waals surface area contributed by atoms with Crippen LogP contribution in [-0.4, -0.2) is 23.4 Å². The fourth-order valence-electron chi connectivity index (χ4n) is 1.89. The summed E-state index contributed by atoms with van der Waals surface area (Å²) in [6.45, 7) is 4.38. The first-order chi connectivity index (χ1) is 9.35. The molecule has 21 heavy (non-hydrogen) atoms. The minimum absolute atomic E-state index is 0. The molecule has 0 aliphatic carbocycles. The number of carbonyl (C=O) groups excluding carboxylic acids is 1. The van der Waals surface area contributed by atoms with E-state index in [0.29, 0.717) is 12.5 Å². The van der Waals surface area contributed by atoms with Crippen molar-refractivity contribution in [3.8, 4) is 0 Å². The van der Waals surface area contributed by atoms with Crippen molar-refractivity contribution < 1.29 is 9.72 Å². The summed E-state index contributed by atoms with van der Waals surface area (Å²) < 4.78 is 0. The van der Waals surface area contributed by atoms with Gasteiger partial charge in [-0.3, -0.25) is 14.9 Å². The fraction of sp³-hybridized carbons (Fsp3) is 0.462. The standard InChI is InChI=1S/C13H20N4O3.ClH/c1-8(2)5-10(7-14)16-13(18)9-3-4-11(15)12(6-9)17(19)20;/h3-4,6,8,10H,5,7,14-15H2,1-2H3,(H,16,18);1H. The number of nitro groups is 1. The molecule has 0 fully saturated rings. The Morgan fingerprint density at radius 2 is 2.05 bits per heavy atom. The summed E-state index contributed by atoms with van der Waals surface area (Å²) in [6.07, 6.45) is 0.749. The summed E-state index contributed by atoms with van der Waals surface area (Å²) in [6, 6.07) is 3.83. The van der Waals surface area contributed by atoms with E-state index in [1.54, 1.807) is 0 Å². The Kier molecular flexibility index (Phi) is 7.69. The maximum absolute atomic E-state index is 12.1. The largest absolute Gasteiger partial charge is 0.393 e. The number of anilines is 1. The molecule has 0 aliphatic rings. The second-order valence-corrected chi connectivity index (χ2v) is 5.07. The molecule has 8 heteroatoms. The molecule has 0 aliphatic heterocycles. The zero-order chi connectivity index (χ0) is 15.3. The number of nitrogens with zero attached hydrogens (tertiary/aromatic N) is 1. The van der Waals surface area contributed by atoms with Gasteiger partial charge < -0.3 is 16.8 Å². The smallest absolute Gasteiger partial charge is 0.292 e. The molecule has 0 aromatic heterocycles. The summed E-state index contributed by atoms with van der Waals surface area (Å²) in [4.78, 5) is 22.2. The molecule has 5 N–H and O–H groups in total. The van der Waals surface area contributed by atoms with E-state index in [2.05, 4.69) is 5.32 Å². The molecule has 1 aromatic rings. The number of hydrogen-bond donors (Lipinski definition) is 3. The van der Waals surface area contributed by atoms with E-state index in [9.17, 15) is 14.9 Å². The molecule has 0 bridgehead atoms. The lowest BCUT2D eigenvalue weighted by atomic mass is 10.0. The fourth-order valence-corrected chi connectivity index (χ4v) is 1.89. The lowest BCUT2D eigenvalue weighted by Crippen LogP contribution is -2.41. The van der Waals surface area contributed by atoms with Gasteiger partial charge in [-0.2, -0.15) is 0 Å². The van der Waals surface area contributed by atoms with Gasteiger partial charge in [0.2, 0.25) is 0 Å². The normalized spacial score (nSPS) is 11.6. The van der Waals surface area contributed by atoms with Gasteiger partial charge in [0, 0.05) is 24.2 Å². The van der Waals surface area contributed by atoms with Crippen molar-refractivity contribution in [3.05, 3.63) is 33.9 Å². The third-order valence-electron chi connectivity index (χ3n) is 2.86. The molecule has 0 spiro atoms. The van der Waals surface area contributed by atoms with E-state index in [4.69, 9.17) is 11.5 Å². The second kappa shape index (κ2) is 8.43. The number of nitrogen functional groups attached to an aromatic ring is 1. The number of nitrogens with one attached hydrogen (secondary N) is 1. The van der Waals surface area contributed by atoms with Gasteiger partial charge in [0.15, 0.2) is 0 Å². The summed E-state index contributed by atoms with van der Waals surface area (Å²) in [5.74, 6) is 0.00815. The number of hydrogen-bond acceptors (Lipinski definition) is 5. The van der Waals surface area contributed by atoms with Crippen molar-refractivity contribution in [1.82, 2.24) is 5.32 Å². The van der Waals surface area contributed by atoms with E-state index < -0.39 is 4.92 Å². The molecule has 0 saturated carbocycles. The minimum Gasteiger partial charge on any atom is -0.393 e. The van der Waals surface area contributed by atoms with Crippen LogP contribution < -0.4 is 16.8 Å². The molecule has 1 atom stereocenters. The molecule has 1 rings (SSSR count). The Morgan fingerprint density at radius 3 is 2.52 bits per heavy atom. The monoisotopic (exact) mass is 316 g/mol. The number of carbonyl (C=O) groups is 1. The molecule has 118 valence electrons. The van der Waals surface area contributed by atoms with Gasteiger partial charge in [0.25, 0.3) is 11.6 Å². The predicted octanol–water partition coefficient (Wildman–Crippen LogP) is 1.70. The Hall–Kier alpha value is -1.86. The first kappa shape index (κ1) is 19.1. The number of amides is 1. The molecule has 0 heterocycles. The van der Waals surface area contributed by atoms with Crippen LogP contribution in [-0.2, 0) is 0 Å². The maximum Gasteiger partial charge on any atom is 0.292 e. The molecular formula is C13H21ClN4O3. The minimum atomic E-state index is -0.610. The third-order valence-corrected chi connectivity index (χ3v) is 2.86. The number of rotatable bonds is 6. The summed E-state index contributed by atoms with van der Waals surface area (Å²) in [7, 11) is 0. The maximum atomic E-state index is 12.1. The highest BCUT2D eigenvalue weighted by molar-refractivity contribution is 5.95. The Morgan fingerprint density at radius 1 is 1.43 bits per heavy atom. The molecule has 1 amide bonds. The summed E-state index contributed by atoms with van der Waals surface area (Å²) in [5, 5.41) is 13.6. The van der Waals surface area contributed by atoms with Crippen LogP contribution in [0.2, 0.25) is 0 Å². The van der Waals surface area contributed by atoms with Crippen LogP contribution in [0.3, 0.4) is 0 Å². The van der Waals surface area contributed by atoms with E-state index in [0.717, 1.165) is 6.42 Å². The highest BCUT2D eigenvalue weighted by Crippen LogP contribution is 2.22. The number of nitrogens with two attached hydrogens (primary N) is 2. The molecule has 1 aromatic carbocycles. The Labute approximate surface area is 129 Å². The van der Waals surface area contributed by atoms with Crippen LogP contribution in [0, 0.1) is 16.0 Å². The summed E-state index contributed by atoms with van der Waals surface area (Å²) >= 11 is 0. The Bertz CT molecular complexity index is 508. The average molecular weight is 317 g/mol. The van der Waals surface area contributed by atoms with Crippen LogP contribution in [0.25, 0.3) is 0 Å². The van der Waals surface area contributed by atoms with E-state index in [-0.39, 0.29) is 41.3 Å². The van der Waals surface area contributed by atoms with Gasteiger partial charge in [-0.25, -0.2) is 0 Å². The van der Waals surface area contributed by atoms with Crippen molar-refractivity contribution in [3.63, 3.8) is 0 Å². The quantitative estimate of drug-likeness (QED) is 0.418. The summed E-state index contributed by atoms with van der Waals surface area (Å²) in [5.41, 5.74) is 11.1. The van der Waals surface area contributed by atoms with Crippen LogP contribution in [0.1, 0.15) is 30.6 Å². The molecular weight excluding hydrogens is 296 g/mol. The van der Waals surface area contributed by atoms with Crippen molar-refractivity contribution in [1.29, 1.82) is 0 Å². The first-order valence-electron chi connectivity index (χ1n) is 6.40. The van der Waals surface area contributed by atoms with E-state index in [1.165, 1.54) is 18.2 Å². The average Bonchev–Trinajstić information content (AvgIpc) is 2.37. The van der Waals surface area contributed by atoms with Gasteiger partial charge >= 0.3 is 0 Å². The van der Waals surface area contributed by atoms with E-state index in [1.807, 2.05) is 13.8 Å². The SMILES string of the molecule is CC(C)CC(CN)NC(=O)c1ccc(N)c([N+](=O)[O-])c1.Cl. The van der Waals surface area contributed by atoms with Crippen LogP contribution in [0.4, 0.5) is 11.4 Å². The Balaban J connectivity index is 0.00000400. The highest BCUT2D eigenvalue weighted by atomic mass is 35.5. The van der Waals surface area contributed by atoms with Crippen LogP contribution >= 0.6 is 12.4 Å². The molecule has 0 saturated heterocycles. The van der Waals surface area contributed by atoms with Crippen LogP contribution in [0.5, 0.6) is 0 Å². The van der Waals surface area contributed by atoms with Gasteiger partial charge in [-0.15, -0.1) is 12.4 Å². The van der Waals surface area contributed by atoms with Gasteiger partial charge in [-0.1, -0.05) is 13.8 Å². The zero-order valence-corrected chi connectivity index (χ0v) is 12.9. The van der Waals surface area contributed by atoms with Gasteiger partial charge in [0.05, 0.1) is 4.92 Å².